The third kappa shape index (κ3) is 4.09. The molecule has 0 spiro atoms. The van der Waals surface area contributed by atoms with Gasteiger partial charge in [-0.15, -0.1) is 0 Å². The molecule has 0 fully saturated rings. The van der Waals surface area contributed by atoms with E-state index >= 15 is 0 Å². The topological polar surface area (TPSA) is 47.6 Å². The van der Waals surface area contributed by atoms with Crippen LogP contribution in [0.1, 0.15) is 11.1 Å². The van der Waals surface area contributed by atoms with E-state index in [9.17, 15) is 4.79 Å². The van der Waals surface area contributed by atoms with Gasteiger partial charge in [-0.1, -0.05) is 35.3 Å². The van der Waals surface area contributed by atoms with E-state index in [0.717, 1.165) is 16.9 Å². The molecule has 6 heteroatoms. The molecule has 0 atom stereocenters. The molecule has 1 amide bonds. The van der Waals surface area contributed by atoms with Crippen molar-refractivity contribution in [3.05, 3.63) is 57.6 Å². The summed E-state index contributed by atoms with van der Waals surface area (Å²) < 4.78 is 11.0. The van der Waals surface area contributed by atoms with Crippen LogP contribution in [0.3, 0.4) is 0 Å². The molecule has 23 heavy (non-hydrogen) atoms. The molecule has 0 aliphatic carbocycles. The van der Waals surface area contributed by atoms with Gasteiger partial charge in [-0.2, -0.15) is 0 Å². The third-order valence-corrected chi connectivity index (χ3v) is 4.05. The maximum atomic E-state index is 12.1. The Hall–Kier alpha value is -1.91. The Morgan fingerprint density at radius 3 is 2.61 bits per heavy atom. The van der Waals surface area contributed by atoms with E-state index in [1.165, 1.54) is 0 Å². The van der Waals surface area contributed by atoms with Crippen molar-refractivity contribution in [3.63, 3.8) is 0 Å². The fraction of sp³-hybridized carbons (Fsp3) is 0.235. The van der Waals surface area contributed by atoms with Gasteiger partial charge in [0.2, 0.25) is 5.91 Å². The number of ether oxygens (including phenoxy) is 2. The zero-order valence-electron chi connectivity index (χ0n) is 12.3. The Bertz CT molecular complexity index is 734. The Balaban J connectivity index is 1.58. The molecule has 2 aromatic carbocycles. The van der Waals surface area contributed by atoms with Crippen LogP contribution in [-0.2, 0) is 17.8 Å². The largest absolute Gasteiger partial charge is 0.486 e. The molecule has 1 N–H and O–H groups in total. The number of hydrogen-bond acceptors (Lipinski definition) is 3. The highest BCUT2D eigenvalue weighted by atomic mass is 35.5. The zero-order valence-corrected chi connectivity index (χ0v) is 13.8. The van der Waals surface area contributed by atoms with Crippen molar-refractivity contribution in [2.75, 3.05) is 13.2 Å². The molecule has 1 aliphatic rings. The summed E-state index contributed by atoms with van der Waals surface area (Å²) in [7, 11) is 0. The summed E-state index contributed by atoms with van der Waals surface area (Å²) in [5, 5.41) is 3.91. The lowest BCUT2D eigenvalue weighted by molar-refractivity contribution is -0.120. The van der Waals surface area contributed by atoms with E-state index in [2.05, 4.69) is 5.32 Å². The van der Waals surface area contributed by atoms with E-state index < -0.39 is 0 Å². The van der Waals surface area contributed by atoms with Crippen LogP contribution in [0.2, 0.25) is 10.0 Å². The first-order chi connectivity index (χ1) is 11.1. The fourth-order valence-electron chi connectivity index (χ4n) is 2.30. The van der Waals surface area contributed by atoms with Gasteiger partial charge in [-0.05, 0) is 35.4 Å². The number of halogens is 2. The standard InChI is InChI=1S/C17H15Cl2NO3/c18-13-3-2-12(14(19)9-13)8-17(21)20-10-11-1-4-15-16(7-11)23-6-5-22-15/h1-4,7,9H,5-6,8,10H2,(H,20,21). The first kappa shape index (κ1) is 16.0. The number of amides is 1. The Morgan fingerprint density at radius 2 is 1.83 bits per heavy atom. The van der Waals surface area contributed by atoms with Crippen LogP contribution in [0, 0.1) is 0 Å². The van der Waals surface area contributed by atoms with Crippen LogP contribution in [0.25, 0.3) is 0 Å². The minimum absolute atomic E-state index is 0.107. The molecule has 120 valence electrons. The molecule has 3 rings (SSSR count). The van der Waals surface area contributed by atoms with E-state index in [0.29, 0.717) is 35.6 Å². The summed E-state index contributed by atoms with van der Waals surface area (Å²) in [5.41, 5.74) is 1.69. The van der Waals surface area contributed by atoms with Crippen LogP contribution in [0.4, 0.5) is 0 Å². The van der Waals surface area contributed by atoms with Gasteiger partial charge >= 0.3 is 0 Å². The van der Waals surface area contributed by atoms with Gasteiger partial charge in [-0.3, -0.25) is 4.79 Å². The highest BCUT2D eigenvalue weighted by molar-refractivity contribution is 6.35. The average Bonchev–Trinajstić information content (AvgIpc) is 2.55. The second-order valence-electron chi connectivity index (χ2n) is 5.17. The molecule has 0 saturated heterocycles. The molecule has 1 aliphatic heterocycles. The minimum atomic E-state index is -0.107. The summed E-state index contributed by atoms with van der Waals surface area (Å²) in [6.45, 7) is 1.52. The quantitative estimate of drug-likeness (QED) is 0.914. The van der Waals surface area contributed by atoms with E-state index in [4.69, 9.17) is 32.7 Å². The normalized spacial score (nSPS) is 12.8. The Kier molecular flexibility index (Phi) is 4.94. The molecular formula is C17H15Cl2NO3. The SMILES string of the molecule is O=C(Cc1ccc(Cl)cc1Cl)NCc1ccc2c(c1)OCCO2. The van der Waals surface area contributed by atoms with Crippen LogP contribution in [0.15, 0.2) is 36.4 Å². The van der Waals surface area contributed by atoms with Crippen molar-refractivity contribution in [1.29, 1.82) is 0 Å². The second-order valence-corrected chi connectivity index (χ2v) is 6.01. The third-order valence-electron chi connectivity index (χ3n) is 3.46. The predicted octanol–water partition coefficient (Wildman–Crippen LogP) is 3.62. The van der Waals surface area contributed by atoms with Crippen LogP contribution >= 0.6 is 23.2 Å². The summed E-state index contributed by atoms with van der Waals surface area (Å²) >= 11 is 11.9. The van der Waals surface area contributed by atoms with Gasteiger partial charge in [0.1, 0.15) is 13.2 Å². The van der Waals surface area contributed by atoms with E-state index in [1.807, 2.05) is 18.2 Å². The Labute approximate surface area is 144 Å². The van der Waals surface area contributed by atoms with Crippen LogP contribution in [0.5, 0.6) is 11.5 Å². The molecular weight excluding hydrogens is 337 g/mol. The number of nitrogens with one attached hydrogen (secondary N) is 1. The molecule has 0 saturated carbocycles. The lowest BCUT2D eigenvalue weighted by atomic mass is 10.1. The Morgan fingerprint density at radius 1 is 1.04 bits per heavy atom. The lowest BCUT2D eigenvalue weighted by Gasteiger charge is -2.19. The molecule has 2 aromatic rings. The number of hydrogen-bond donors (Lipinski definition) is 1. The molecule has 1 heterocycles. The maximum Gasteiger partial charge on any atom is 0.224 e. The molecule has 0 bridgehead atoms. The van der Waals surface area contributed by atoms with Gasteiger partial charge in [0, 0.05) is 16.6 Å². The summed E-state index contributed by atoms with van der Waals surface area (Å²) in [4.78, 5) is 12.1. The average molecular weight is 352 g/mol. The van der Waals surface area contributed by atoms with Crippen LogP contribution in [-0.4, -0.2) is 19.1 Å². The number of fused-ring (bicyclic) bond motifs is 1. The second kappa shape index (κ2) is 7.11. The van der Waals surface area contributed by atoms with Crippen molar-refractivity contribution in [1.82, 2.24) is 5.32 Å². The number of carbonyl (C=O) groups excluding carboxylic acids is 1. The van der Waals surface area contributed by atoms with Crippen molar-refractivity contribution in [2.45, 2.75) is 13.0 Å². The van der Waals surface area contributed by atoms with E-state index in [1.54, 1.807) is 18.2 Å². The summed E-state index contributed by atoms with van der Waals surface area (Å²) in [5.74, 6) is 1.34. The highest BCUT2D eigenvalue weighted by Gasteiger charge is 2.12. The monoisotopic (exact) mass is 351 g/mol. The molecule has 0 unspecified atom stereocenters. The number of rotatable bonds is 4. The van der Waals surface area contributed by atoms with Crippen LogP contribution < -0.4 is 14.8 Å². The molecule has 0 aromatic heterocycles. The van der Waals surface area contributed by atoms with Crippen molar-refractivity contribution < 1.29 is 14.3 Å². The smallest absolute Gasteiger partial charge is 0.224 e. The van der Waals surface area contributed by atoms with Crippen molar-refractivity contribution in [2.24, 2.45) is 0 Å². The number of carbonyl (C=O) groups is 1. The van der Waals surface area contributed by atoms with Crippen molar-refractivity contribution >= 4 is 29.1 Å². The molecule has 4 nitrogen and oxygen atoms in total. The molecule has 0 radical (unpaired) electrons. The van der Waals surface area contributed by atoms with Gasteiger partial charge in [-0.25, -0.2) is 0 Å². The zero-order chi connectivity index (χ0) is 16.2. The summed E-state index contributed by atoms with van der Waals surface area (Å²) in [6, 6.07) is 10.7. The summed E-state index contributed by atoms with van der Waals surface area (Å²) in [6.07, 6.45) is 0.209. The minimum Gasteiger partial charge on any atom is -0.486 e. The predicted molar refractivity (Wildman–Crippen MR) is 89.4 cm³/mol. The van der Waals surface area contributed by atoms with E-state index in [-0.39, 0.29) is 12.3 Å². The van der Waals surface area contributed by atoms with Crippen molar-refractivity contribution in [3.8, 4) is 11.5 Å². The lowest BCUT2D eigenvalue weighted by Crippen LogP contribution is -2.24. The maximum absolute atomic E-state index is 12.1. The van der Waals surface area contributed by atoms with Gasteiger partial charge in [0.15, 0.2) is 11.5 Å². The highest BCUT2D eigenvalue weighted by Crippen LogP contribution is 2.30. The first-order valence-corrected chi connectivity index (χ1v) is 7.96. The van der Waals surface area contributed by atoms with Gasteiger partial charge in [0.05, 0.1) is 6.42 Å². The van der Waals surface area contributed by atoms with Gasteiger partial charge in [0.25, 0.3) is 0 Å². The first-order valence-electron chi connectivity index (χ1n) is 7.21. The number of benzene rings is 2. The van der Waals surface area contributed by atoms with Gasteiger partial charge < -0.3 is 14.8 Å². The fourth-order valence-corrected chi connectivity index (χ4v) is 2.77.